The average Bonchev–Trinajstić information content (AvgIpc) is 2.94. The highest BCUT2D eigenvalue weighted by atomic mass is 32.2. The van der Waals surface area contributed by atoms with Crippen molar-refractivity contribution in [2.24, 2.45) is 0 Å². The molecule has 5 nitrogen and oxygen atoms in total. The first kappa shape index (κ1) is 17.6. The highest BCUT2D eigenvalue weighted by Crippen LogP contribution is 2.32. The van der Waals surface area contributed by atoms with Crippen LogP contribution < -0.4 is 0 Å². The van der Waals surface area contributed by atoms with E-state index in [2.05, 4.69) is 23.0 Å². The number of hydrogen-bond acceptors (Lipinski definition) is 6. The number of fused-ring (bicyclic) bond motifs is 1. The number of carbonyl (C=O) groups excluding carboxylic acids is 1. The van der Waals surface area contributed by atoms with Gasteiger partial charge in [0.2, 0.25) is 5.91 Å². The number of aryl methyl sites for hydroxylation is 2. The summed E-state index contributed by atoms with van der Waals surface area (Å²) in [7, 11) is 0. The number of rotatable bonds is 4. The summed E-state index contributed by atoms with van der Waals surface area (Å²) >= 11 is 3.23. The second-order valence-corrected chi connectivity index (χ2v) is 8.29. The number of carbonyl (C=O) groups is 1. The first-order valence-electron chi connectivity index (χ1n) is 8.29. The lowest BCUT2D eigenvalue weighted by atomic mass is 10.2. The molecule has 2 atom stereocenters. The van der Waals surface area contributed by atoms with Gasteiger partial charge in [0.25, 0.3) is 0 Å². The monoisotopic (exact) mass is 365 g/mol. The molecule has 130 valence electrons. The lowest BCUT2D eigenvalue weighted by Gasteiger charge is -2.35. The van der Waals surface area contributed by atoms with Gasteiger partial charge in [-0.3, -0.25) is 4.79 Å². The number of hydrogen-bond donors (Lipinski definition) is 0. The van der Waals surface area contributed by atoms with Gasteiger partial charge in [-0.25, -0.2) is 9.97 Å². The number of thiophene rings is 1. The second kappa shape index (κ2) is 7.37. The second-order valence-electron chi connectivity index (χ2n) is 6.21. The molecular formula is C17H23N3O2S2. The summed E-state index contributed by atoms with van der Waals surface area (Å²) in [6.07, 6.45) is 1.19. The van der Waals surface area contributed by atoms with Crippen LogP contribution in [0.3, 0.4) is 0 Å². The molecule has 0 bridgehead atoms. The van der Waals surface area contributed by atoms with E-state index in [1.54, 1.807) is 11.3 Å². The van der Waals surface area contributed by atoms with E-state index in [9.17, 15) is 4.79 Å². The molecule has 0 aromatic carbocycles. The van der Waals surface area contributed by atoms with Crippen molar-refractivity contribution in [2.45, 2.75) is 51.3 Å². The molecule has 0 saturated carbocycles. The SMILES string of the molecule is CCc1cc2c(SCC(=O)N3CC(C)OC(C)C3)nc(C)nc2s1. The molecule has 2 aromatic heterocycles. The van der Waals surface area contributed by atoms with Crippen molar-refractivity contribution in [3.8, 4) is 0 Å². The molecule has 1 aliphatic rings. The largest absolute Gasteiger partial charge is 0.372 e. The van der Waals surface area contributed by atoms with Crippen LogP contribution in [-0.4, -0.2) is 51.8 Å². The molecule has 0 N–H and O–H groups in total. The van der Waals surface area contributed by atoms with Gasteiger partial charge in [-0.1, -0.05) is 18.7 Å². The van der Waals surface area contributed by atoms with Crippen LogP contribution in [0.5, 0.6) is 0 Å². The van der Waals surface area contributed by atoms with Crippen molar-refractivity contribution >= 4 is 39.2 Å². The normalized spacial score (nSPS) is 21.4. The summed E-state index contributed by atoms with van der Waals surface area (Å²) < 4.78 is 5.70. The quantitative estimate of drug-likeness (QED) is 0.615. The van der Waals surface area contributed by atoms with Gasteiger partial charge in [-0.15, -0.1) is 11.3 Å². The highest BCUT2D eigenvalue weighted by molar-refractivity contribution is 8.00. The fourth-order valence-corrected chi connectivity index (χ4v) is 4.96. The van der Waals surface area contributed by atoms with Crippen molar-refractivity contribution in [3.05, 3.63) is 16.8 Å². The lowest BCUT2D eigenvalue weighted by molar-refractivity contribution is -0.140. The molecule has 1 saturated heterocycles. The molecule has 1 aliphatic heterocycles. The van der Waals surface area contributed by atoms with E-state index < -0.39 is 0 Å². The minimum atomic E-state index is 0.0969. The predicted octanol–water partition coefficient (Wildman–Crippen LogP) is 3.29. The fourth-order valence-electron chi connectivity index (χ4n) is 2.93. The number of aromatic nitrogens is 2. The summed E-state index contributed by atoms with van der Waals surface area (Å²) in [5.74, 6) is 1.32. The van der Waals surface area contributed by atoms with Gasteiger partial charge in [0.05, 0.1) is 18.0 Å². The Kier molecular flexibility index (Phi) is 5.42. The Hall–Kier alpha value is -1.18. The van der Waals surface area contributed by atoms with Gasteiger partial charge in [-0.2, -0.15) is 0 Å². The standard InChI is InChI=1S/C17H23N3O2S2/c1-5-13-6-14-16(18-12(4)19-17(14)24-13)23-9-15(21)20-7-10(2)22-11(3)8-20/h6,10-11H,5,7-9H2,1-4H3. The molecule has 2 aromatic rings. The van der Waals surface area contributed by atoms with E-state index in [4.69, 9.17) is 4.74 Å². The number of thioether (sulfide) groups is 1. The Morgan fingerprint density at radius 1 is 1.38 bits per heavy atom. The van der Waals surface area contributed by atoms with Gasteiger partial charge in [0, 0.05) is 23.4 Å². The van der Waals surface area contributed by atoms with Gasteiger partial charge >= 0.3 is 0 Å². The van der Waals surface area contributed by atoms with Crippen LogP contribution >= 0.6 is 23.1 Å². The first-order valence-corrected chi connectivity index (χ1v) is 10.1. The summed E-state index contributed by atoms with van der Waals surface area (Å²) in [5, 5.41) is 1.99. The summed E-state index contributed by atoms with van der Waals surface area (Å²) in [5.41, 5.74) is 0. The average molecular weight is 366 g/mol. The Morgan fingerprint density at radius 3 is 2.75 bits per heavy atom. The van der Waals surface area contributed by atoms with Crippen LogP contribution in [0.1, 0.15) is 31.5 Å². The first-order chi connectivity index (χ1) is 11.5. The third-order valence-electron chi connectivity index (χ3n) is 3.97. The third-order valence-corrected chi connectivity index (χ3v) is 6.12. The van der Waals surface area contributed by atoms with E-state index in [1.807, 2.05) is 25.7 Å². The molecule has 0 aliphatic carbocycles. The Balaban J connectivity index is 1.73. The number of morpholine rings is 1. The molecule has 7 heteroatoms. The van der Waals surface area contributed by atoms with Crippen LogP contribution in [-0.2, 0) is 16.0 Å². The van der Waals surface area contributed by atoms with Crippen molar-refractivity contribution in [1.82, 2.24) is 14.9 Å². The van der Waals surface area contributed by atoms with Gasteiger partial charge in [0.15, 0.2) is 0 Å². The molecular weight excluding hydrogens is 342 g/mol. The fraction of sp³-hybridized carbons (Fsp3) is 0.588. The molecule has 24 heavy (non-hydrogen) atoms. The Morgan fingerprint density at radius 2 is 2.08 bits per heavy atom. The topological polar surface area (TPSA) is 55.3 Å². The molecule has 3 rings (SSSR count). The van der Waals surface area contributed by atoms with Crippen LogP contribution in [0, 0.1) is 6.92 Å². The third kappa shape index (κ3) is 3.90. The zero-order valence-corrected chi connectivity index (χ0v) is 16.2. The maximum Gasteiger partial charge on any atom is 0.233 e. The zero-order chi connectivity index (χ0) is 17.3. The molecule has 1 amide bonds. The number of ether oxygens (including phenoxy) is 1. The van der Waals surface area contributed by atoms with Gasteiger partial charge in [-0.05, 0) is 33.3 Å². The van der Waals surface area contributed by atoms with Crippen molar-refractivity contribution in [2.75, 3.05) is 18.8 Å². The smallest absolute Gasteiger partial charge is 0.233 e. The van der Waals surface area contributed by atoms with Crippen LogP contribution in [0.25, 0.3) is 10.2 Å². The summed E-state index contributed by atoms with van der Waals surface area (Å²) in [6.45, 7) is 9.40. The van der Waals surface area contributed by atoms with E-state index in [1.165, 1.54) is 16.6 Å². The zero-order valence-electron chi connectivity index (χ0n) is 14.5. The van der Waals surface area contributed by atoms with Gasteiger partial charge in [0.1, 0.15) is 15.7 Å². The van der Waals surface area contributed by atoms with Crippen LogP contribution in [0.4, 0.5) is 0 Å². The number of amides is 1. The van der Waals surface area contributed by atoms with E-state index >= 15 is 0 Å². The maximum absolute atomic E-state index is 12.6. The van der Waals surface area contributed by atoms with E-state index in [-0.39, 0.29) is 18.1 Å². The van der Waals surface area contributed by atoms with Gasteiger partial charge < -0.3 is 9.64 Å². The molecule has 2 unspecified atom stereocenters. The van der Waals surface area contributed by atoms with E-state index in [0.29, 0.717) is 18.8 Å². The van der Waals surface area contributed by atoms with Crippen molar-refractivity contribution in [3.63, 3.8) is 0 Å². The molecule has 0 radical (unpaired) electrons. The van der Waals surface area contributed by atoms with Crippen LogP contribution in [0.15, 0.2) is 11.1 Å². The van der Waals surface area contributed by atoms with Crippen molar-refractivity contribution < 1.29 is 9.53 Å². The predicted molar refractivity (Wildman–Crippen MR) is 98.8 cm³/mol. The molecule has 0 spiro atoms. The highest BCUT2D eigenvalue weighted by Gasteiger charge is 2.26. The van der Waals surface area contributed by atoms with E-state index in [0.717, 1.165) is 27.5 Å². The van der Waals surface area contributed by atoms with Crippen LogP contribution in [0.2, 0.25) is 0 Å². The minimum Gasteiger partial charge on any atom is -0.372 e. The van der Waals surface area contributed by atoms with Crippen molar-refractivity contribution in [1.29, 1.82) is 0 Å². The minimum absolute atomic E-state index is 0.0969. The molecule has 3 heterocycles. The molecule has 1 fully saturated rings. The summed E-state index contributed by atoms with van der Waals surface area (Å²) in [4.78, 5) is 25.9. The maximum atomic E-state index is 12.6. The lowest BCUT2D eigenvalue weighted by Crippen LogP contribution is -2.48. The number of nitrogens with zero attached hydrogens (tertiary/aromatic N) is 3. The summed E-state index contributed by atoms with van der Waals surface area (Å²) in [6, 6.07) is 2.16. The Labute approximate surface area is 150 Å². The Bertz CT molecular complexity index is 737.